The monoisotopic (exact) mass is 240 g/mol. The summed E-state index contributed by atoms with van der Waals surface area (Å²) < 4.78 is 5.37. The first kappa shape index (κ1) is 12.0. The molecule has 0 spiro atoms. The molecule has 16 heavy (non-hydrogen) atoms. The molecular formula is C12H20N2OS. The second-order valence-corrected chi connectivity index (χ2v) is 5.32. The van der Waals surface area contributed by atoms with E-state index in [9.17, 15) is 0 Å². The lowest BCUT2D eigenvalue weighted by molar-refractivity contribution is 0.0626. The van der Waals surface area contributed by atoms with E-state index >= 15 is 0 Å². The van der Waals surface area contributed by atoms with E-state index in [-0.39, 0.29) is 0 Å². The van der Waals surface area contributed by atoms with Gasteiger partial charge in [0.25, 0.3) is 0 Å². The van der Waals surface area contributed by atoms with Crippen LogP contribution in [0.3, 0.4) is 0 Å². The first-order valence-electron chi connectivity index (χ1n) is 6.03. The first-order chi connectivity index (χ1) is 7.88. The molecule has 1 aromatic rings. The van der Waals surface area contributed by atoms with Crippen molar-refractivity contribution >= 4 is 11.3 Å². The number of nitrogens with zero attached hydrogens (tertiary/aromatic N) is 1. The number of hydrogen-bond donors (Lipinski definition) is 1. The van der Waals surface area contributed by atoms with Crippen LogP contribution >= 0.6 is 11.3 Å². The van der Waals surface area contributed by atoms with Gasteiger partial charge in [-0.2, -0.15) is 0 Å². The Bertz CT molecular complexity index is 281. The van der Waals surface area contributed by atoms with Crippen LogP contribution in [0.4, 0.5) is 0 Å². The molecule has 1 aromatic heterocycles. The average molecular weight is 240 g/mol. The van der Waals surface area contributed by atoms with Gasteiger partial charge in [0.1, 0.15) is 0 Å². The van der Waals surface area contributed by atoms with Gasteiger partial charge in [0.2, 0.25) is 0 Å². The normalized spacial score (nSPS) is 25.8. The highest BCUT2D eigenvalue weighted by Gasteiger charge is 2.19. The minimum absolute atomic E-state index is 0.497. The number of methoxy groups -OCH3 is 1. The van der Waals surface area contributed by atoms with E-state index < -0.39 is 0 Å². The molecule has 2 rings (SSSR count). The molecule has 1 aliphatic carbocycles. The van der Waals surface area contributed by atoms with Crippen molar-refractivity contribution in [1.82, 2.24) is 10.3 Å². The van der Waals surface area contributed by atoms with Gasteiger partial charge in [0.15, 0.2) is 0 Å². The van der Waals surface area contributed by atoms with Crippen LogP contribution in [0.5, 0.6) is 0 Å². The summed E-state index contributed by atoms with van der Waals surface area (Å²) >= 11 is 1.74. The van der Waals surface area contributed by atoms with Gasteiger partial charge in [0.05, 0.1) is 11.1 Å². The van der Waals surface area contributed by atoms with Crippen LogP contribution in [0.1, 0.15) is 30.7 Å². The van der Waals surface area contributed by atoms with E-state index in [2.05, 4.69) is 10.3 Å². The SMILES string of the molecule is COC1CCC(NCCc2nccs2)CC1. The molecule has 90 valence electrons. The molecular weight excluding hydrogens is 220 g/mol. The summed E-state index contributed by atoms with van der Waals surface area (Å²) in [6.45, 7) is 1.05. The summed E-state index contributed by atoms with van der Waals surface area (Å²) in [7, 11) is 1.82. The molecule has 1 saturated carbocycles. The molecule has 0 radical (unpaired) electrons. The third-order valence-corrected chi connectivity index (χ3v) is 4.10. The van der Waals surface area contributed by atoms with E-state index in [0.29, 0.717) is 12.1 Å². The molecule has 1 heterocycles. The minimum atomic E-state index is 0.497. The quantitative estimate of drug-likeness (QED) is 0.857. The van der Waals surface area contributed by atoms with Crippen molar-refractivity contribution in [2.75, 3.05) is 13.7 Å². The number of thiazole rings is 1. The maximum Gasteiger partial charge on any atom is 0.0937 e. The van der Waals surface area contributed by atoms with E-state index in [4.69, 9.17) is 4.74 Å². The molecule has 0 amide bonds. The number of aromatic nitrogens is 1. The summed E-state index contributed by atoms with van der Waals surface area (Å²) in [5, 5.41) is 6.89. The van der Waals surface area contributed by atoms with Gasteiger partial charge in [-0.1, -0.05) is 0 Å². The van der Waals surface area contributed by atoms with E-state index in [0.717, 1.165) is 13.0 Å². The fourth-order valence-electron chi connectivity index (χ4n) is 2.26. The minimum Gasteiger partial charge on any atom is -0.381 e. The Morgan fingerprint density at radius 3 is 2.88 bits per heavy atom. The zero-order valence-electron chi connectivity index (χ0n) is 9.82. The number of ether oxygens (including phenoxy) is 1. The maximum atomic E-state index is 5.37. The van der Waals surface area contributed by atoms with Gasteiger partial charge in [0, 0.05) is 37.7 Å². The number of rotatable bonds is 5. The van der Waals surface area contributed by atoms with Crippen molar-refractivity contribution in [2.24, 2.45) is 0 Å². The topological polar surface area (TPSA) is 34.1 Å². The summed E-state index contributed by atoms with van der Waals surface area (Å²) in [5.74, 6) is 0. The molecule has 1 N–H and O–H groups in total. The highest BCUT2D eigenvalue weighted by molar-refractivity contribution is 7.09. The second kappa shape index (κ2) is 6.33. The van der Waals surface area contributed by atoms with Crippen LogP contribution in [0, 0.1) is 0 Å². The van der Waals surface area contributed by atoms with Crippen LogP contribution in [0.2, 0.25) is 0 Å². The van der Waals surface area contributed by atoms with Crippen LogP contribution in [0.25, 0.3) is 0 Å². The van der Waals surface area contributed by atoms with Crippen molar-refractivity contribution in [3.05, 3.63) is 16.6 Å². The Kier molecular flexibility index (Phi) is 4.75. The fraction of sp³-hybridized carbons (Fsp3) is 0.750. The largest absolute Gasteiger partial charge is 0.381 e. The Hall–Kier alpha value is -0.450. The Morgan fingerprint density at radius 2 is 2.25 bits per heavy atom. The van der Waals surface area contributed by atoms with Gasteiger partial charge in [-0.3, -0.25) is 0 Å². The Morgan fingerprint density at radius 1 is 1.44 bits per heavy atom. The summed E-state index contributed by atoms with van der Waals surface area (Å²) in [5.41, 5.74) is 0. The smallest absolute Gasteiger partial charge is 0.0937 e. The molecule has 0 aromatic carbocycles. The van der Waals surface area contributed by atoms with Crippen molar-refractivity contribution in [3.63, 3.8) is 0 Å². The number of hydrogen-bond acceptors (Lipinski definition) is 4. The van der Waals surface area contributed by atoms with Crippen molar-refractivity contribution in [1.29, 1.82) is 0 Å². The van der Waals surface area contributed by atoms with Crippen LogP contribution < -0.4 is 5.32 Å². The van der Waals surface area contributed by atoms with E-state index in [1.54, 1.807) is 11.3 Å². The number of nitrogens with one attached hydrogen (secondary N) is 1. The predicted molar refractivity (Wildman–Crippen MR) is 66.9 cm³/mol. The maximum absolute atomic E-state index is 5.37. The first-order valence-corrected chi connectivity index (χ1v) is 6.91. The predicted octanol–water partition coefficient (Wildman–Crippen LogP) is 2.23. The molecule has 1 aliphatic rings. The van der Waals surface area contributed by atoms with Gasteiger partial charge in [-0.05, 0) is 25.7 Å². The molecule has 0 unspecified atom stereocenters. The molecule has 4 heteroatoms. The lowest BCUT2D eigenvalue weighted by Crippen LogP contribution is -2.36. The standard InChI is InChI=1S/C12H20N2OS/c1-15-11-4-2-10(3-5-11)13-7-6-12-14-8-9-16-12/h8-11,13H,2-7H2,1H3. The molecule has 3 nitrogen and oxygen atoms in total. The van der Waals surface area contributed by atoms with Crippen LogP contribution in [0.15, 0.2) is 11.6 Å². The molecule has 0 aliphatic heterocycles. The Labute approximate surface area is 101 Å². The summed E-state index contributed by atoms with van der Waals surface area (Å²) in [6, 6.07) is 0.686. The highest BCUT2D eigenvalue weighted by atomic mass is 32.1. The van der Waals surface area contributed by atoms with Gasteiger partial charge in [-0.25, -0.2) is 4.98 Å². The lowest BCUT2D eigenvalue weighted by atomic mass is 9.93. The van der Waals surface area contributed by atoms with Crippen molar-refractivity contribution in [2.45, 2.75) is 44.2 Å². The third-order valence-electron chi connectivity index (χ3n) is 3.26. The summed E-state index contributed by atoms with van der Waals surface area (Å²) in [6.07, 6.45) is 8.33. The lowest BCUT2D eigenvalue weighted by Gasteiger charge is -2.28. The van der Waals surface area contributed by atoms with Crippen LogP contribution in [-0.2, 0) is 11.2 Å². The van der Waals surface area contributed by atoms with Crippen molar-refractivity contribution < 1.29 is 4.74 Å². The Balaban J connectivity index is 1.60. The molecule has 0 saturated heterocycles. The average Bonchev–Trinajstić information content (AvgIpc) is 2.83. The molecule has 1 fully saturated rings. The molecule has 0 atom stereocenters. The third kappa shape index (κ3) is 3.54. The summed E-state index contributed by atoms with van der Waals surface area (Å²) in [4.78, 5) is 4.28. The molecule has 0 bridgehead atoms. The highest BCUT2D eigenvalue weighted by Crippen LogP contribution is 2.20. The second-order valence-electron chi connectivity index (χ2n) is 4.34. The van der Waals surface area contributed by atoms with Gasteiger partial charge >= 0.3 is 0 Å². The van der Waals surface area contributed by atoms with Gasteiger partial charge in [-0.15, -0.1) is 11.3 Å². The zero-order valence-corrected chi connectivity index (χ0v) is 10.6. The fourth-order valence-corrected chi connectivity index (χ4v) is 2.88. The van der Waals surface area contributed by atoms with E-state index in [1.807, 2.05) is 18.7 Å². The zero-order chi connectivity index (χ0) is 11.2. The van der Waals surface area contributed by atoms with Gasteiger partial charge < -0.3 is 10.1 Å². The van der Waals surface area contributed by atoms with E-state index in [1.165, 1.54) is 30.7 Å². The van der Waals surface area contributed by atoms with Crippen LogP contribution in [-0.4, -0.2) is 30.8 Å². The van der Waals surface area contributed by atoms with Crippen molar-refractivity contribution in [3.8, 4) is 0 Å².